The Kier molecular flexibility index (Phi) is 14.2. The van der Waals surface area contributed by atoms with Crippen LogP contribution in [0.3, 0.4) is 0 Å². The molecule has 0 saturated carbocycles. The van der Waals surface area contributed by atoms with Crippen LogP contribution >= 0.6 is 0 Å². The summed E-state index contributed by atoms with van der Waals surface area (Å²) in [6, 6.07) is 32.8. The lowest BCUT2D eigenvalue weighted by Gasteiger charge is -2.37. The fourth-order valence-electron chi connectivity index (χ4n) is 6.71. The fraction of sp³-hybridized carbons (Fsp3) is 0.380. The molecule has 0 radical (unpaired) electrons. The molecule has 0 saturated heterocycles. The molecule has 0 aliphatic carbocycles. The first-order chi connectivity index (χ1) is 29.3. The smallest absolute Gasteiger partial charge is 0.411 e. The Morgan fingerprint density at radius 1 is 0.645 bits per heavy atom. The van der Waals surface area contributed by atoms with Crippen molar-refractivity contribution in [3.05, 3.63) is 142 Å². The number of pyridine rings is 1. The summed E-state index contributed by atoms with van der Waals surface area (Å²) in [6.45, 7) is 22.8. The molecule has 328 valence electrons. The summed E-state index contributed by atoms with van der Waals surface area (Å²) in [4.78, 5) is 33.9. The summed E-state index contributed by atoms with van der Waals surface area (Å²) in [5, 5.41) is 10.0. The van der Waals surface area contributed by atoms with Gasteiger partial charge < -0.3 is 28.2 Å². The minimum Gasteiger partial charge on any atom is -0.487 e. The Morgan fingerprint density at radius 3 is 1.63 bits per heavy atom. The lowest BCUT2D eigenvalue weighted by molar-refractivity contribution is 0.0460. The van der Waals surface area contributed by atoms with Gasteiger partial charge >= 0.3 is 12.1 Å². The number of hydrogen-bond acceptors (Lipinski definition) is 8. The first-order valence-corrected chi connectivity index (χ1v) is 27.1. The topological polar surface area (TPSA) is 117 Å². The number of anilines is 1. The average Bonchev–Trinajstić information content (AvgIpc) is 3.68. The molecular weight excluding hydrogens is 813 g/mol. The second-order valence-corrected chi connectivity index (χ2v) is 28.5. The number of ether oxygens (including phenoxy) is 3. The number of carbonyl (C=O) groups is 2. The number of amides is 1. The minimum atomic E-state index is -2.43. The number of benzene rings is 4. The van der Waals surface area contributed by atoms with Gasteiger partial charge in [-0.25, -0.2) is 14.6 Å². The standard InChI is InChI=1S/C50H62N2O8Si2/c1-49(2,3)61(7,8)59-33-40-38-28-29-52(48(54)55)42(38)27-26-39(40)44-41(34-60-62(9,10)50(4,5)6)45(56-30-35-20-14-11-15-21-35)43(47(53)58-32-37-24-18-13-19-25-37)46(51-44)57-31-36-22-16-12-17-23-36/h11-27H,28-34H2,1-10H3,(H,54,55). The summed E-state index contributed by atoms with van der Waals surface area (Å²) in [5.41, 5.74) is 6.78. The van der Waals surface area contributed by atoms with Gasteiger partial charge in [-0.3, -0.25) is 4.90 Å². The summed E-state index contributed by atoms with van der Waals surface area (Å²) >= 11 is 0. The quantitative estimate of drug-likeness (QED) is 0.0764. The van der Waals surface area contributed by atoms with Gasteiger partial charge in [0, 0.05) is 17.7 Å². The molecule has 1 aromatic heterocycles. The SMILES string of the molecule is CC(C)(C)[Si](C)(C)OCc1c(-c2nc(OCc3ccccc3)c(C(=O)OCc3ccccc3)c(OCc3ccccc3)c2CO[Si](C)(C)C(C)(C)C)ccc2c1CCN2C(=O)O. The Hall–Kier alpha value is -5.28. The number of esters is 1. The van der Waals surface area contributed by atoms with Gasteiger partial charge in [0.25, 0.3) is 0 Å². The Morgan fingerprint density at radius 2 is 1.13 bits per heavy atom. The van der Waals surface area contributed by atoms with Crippen molar-refractivity contribution in [3.8, 4) is 22.9 Å². The predicted octanol–water partition coefficient (Wildman–Crippen LogP) is 12.3. The predicted molar refractivity (Wildman–Crippen MR) is 250 cm³/mol. The molecule has 62 heavy (non-hydrogen) atoms. The molecule has 6 rings (SSSR count). The van der Waals surface area contributed by atoms with Crippen LogP contribution in [0.25, 0.3) is 11.3 Å². The first kappa shape index (κ1) is 46.2. The third-order valence-electron chi connectivity index (χ3n) is 12.6. The first-order valence-electron chi connectivity index (χ1n) is 21.3. The van der Waals surface area contributed by atoms with Crippen LogP contribution in [0.5, 0.6) is 11.6 Å². The maximum absolute atomic E-state index is 14.7. The van der Waals surface area contributed by atoms with Crippen LogP contribution in [-0.4, -0.2) is 45.3 Å². The highest BCUT2D eigenvalue weighted by molar-refractivity contribution is 6.74. The molecule has 4 aromatic carbocycles. The number of aromatic nitrogens is 1. The number of fused-ring (bicyclic) bond motifs is 1. The van der Waals surface area contributed by atoms with Crippen LogP contribution < -0.4 is 14.4 Å². The van der Waals surface area contributed by atoms with Crippen molar-refractivity contribution >= 4 is 34.4 Å². The van der Waals surface area contributed by atoms with E-state index in [9.17, 15) is 14.7 Å². The molecule has 1 amide bonds. The second-order valence-electron chi connectivity index (χ2n) is 18.9. The molecule has 0 atom stereocenters. The zero-order valence-corrected chi connectivity index (χ0v) is 40.0. The van der Waals surface area contributed by atoms with Crippen molar-refractivity contribution in [2.45, 2.75) is 117 Å². The van der Waals surface area contributed by atoms with Crippen molar-refractivity contribution in [3.63, 3.8) is 0 Å². The second kappa shape index (κ2) is 19.0. The Labute approximate surface area is 369 Å². The normalized spacial score (nSPS) is 13.2. The van der Waals surface area contributed by atoms with Gasteiger partial charge in [-0.2, -0.15) is 0 Å². The lowest BCUT2D eigenvalue weighted by Crippen LogP contribution is -2.40. The molecule has 0 spiro atoms. The highest BCUT2D eigenvalue weighted by Gasteiger charge is 2.41. The Bertz CT molecular complexity index is 2340. The lowest BCUT2D eigenvalue weighted by atomic mass is 9.93. The number of nitrogens with zero attached hydrogens (tertiary/aromatic N) is 2. The molecule has 1 aliphatic rings. The van der Waals surface area contributed by atoms with Gasteiger partial charge in [-0.15, -0.1) is 0 Å². The van der Waals surface area contributed by atoms with Gasteiger partial charge in [0.2, 0.25) is 5.88 Å². The van der Waals surface area contributed by atoms with E-state index in [1.165, 1.54) is 4.90 Å². The van der Waals surface area contributed by atoms with Gasteiger partial charge in [-0.05, 0) is 76.6 Å². The van der Waals surface area contributed by atoms with E-state index in [2.05, 4.69) is 67.7 Å². The van der Waals surface area contributed by atoms with E-state index in [0.29, 0.717) is 29.9 Å². The van der Waals surface area contributed by atoms with Gasteiger partial charge in [0.05, 0.1) is 24.6 Å². The average molecular weight is 875 g/mol. The van der Waals surface area contributed by atoms with Crippen LogP contribution in [0.15, 0.2) is 103 Å². The van der Waals surface area contributed by atoms with E-state index in [1.807, 2.05) is 103 Å². The number of hydrogen-bond donors (Lipinski definition) is 1. The monoisotopic (exact) mass is 874 g/mol. The number of carbonyl (C=O) groups excluding carboxylic acids is 1. The van der Waals surface area contributed by atoms with Crippen molar-refractivity contribution in [1.82, 2.24) is 4.98 Å². The molecule has 0 fully saturated rings. The van der Waals surface area contributed by atoms with Crippen LogP contribution in [0.1, 0.15) is 85.3 Å². The van der Waals surface area contributed by atoms with Crippen LogP contribution in [0, 0.1) is 0 Å². The van der Waals surface area contributed by atoms with Gasteiger partial charge in [-0.1, -0.05) is 139 Å². The molecule has 12 heteroatoms. The van der Waals surface area contributed by atoms with Gasteiger partial charge in [0.1, 0.15) is 25.6 Å². The maximum atomic E-state index is 14.7. The van der Waals surface area contributed by atoms with E-state index < -0.39 is 28.7 Å². The van der Waals surface area contributed by atoms with Crippen molar-refractivity contribution < 1.29 is 37.8 Å². The highest BCUT2D eigenvalue weighted by atomic mass is 28.4. The highest BCUT2D eigenvalue weighted by Crippen LogP contribution is 2.46. The summed E-state index contributed by atoms with van der Waals surface area (Å²) in [7, 11) is -4.75. The largest absolute Gasteiger partial charge is 0.487 e. The molecule has 0 unspecified atom stereocenters. The molecule has 1 aliphatic heterocycles. The molecule has 2 heterocycles. The van der Waals surface area contributed by atoms with Crippen molar-refractivity contribution in [2.24, 2.45) is 0 Å². The Balaban J connectivity index is 1.64. The molecule has 1 N–H and O–H groups in total. The number of rotatable bonds is 16. The minimum absolute atomic E-state index is 0.0211. The van der Waals surface area contributed by atoms with Crippen molar-refractivity contribution in [1.29, 1.82) is 0 Å². The summed E-state index contributed by atoms with van der Waals surface area (Å²) in [6.07, 6.45) is -0.513. The van der Waals surface area contributed by atoms with Gasteiger partial charge in [0.15, 0.2) is 22.2 Å². The van der Waals surface area contributed by atoms with E-state index in [1.54, 1.807) is 0 Å². The van der Waals surface area contributed by atoms with Crippen LogP contribution in [0.2, 0.25) is 36.3 Å². The summed E-state index contributed by atoms with van der Waals surface area (Å²) < 4.78 is 33.5. The third kappa shape index (κ3) is 10.7. The van der Waals surface area contributed by atoms with E-state index in [-0.39, 0.29) is 60.3 Å². The fourth-order valence-corrected chi connectivity index (χ4v) is 8.59. The molecule has 0 bridgehead atoms. The summed E-state index contributed by atoms with van der Waals surface area (Å²) in [5.74, 6) is -0.354. The zero-order chi connectivity index (χ0) is 44.9. The maximum Gasteiger partial charge on any atom is 0.411 e. The molecular formula is C50H62N2O8Si2. The number of carboxylic acid groups (broad SMARTS) is 1. The van der Waals surface area contributed by atoms with E-state index in [0.717, 1.165) is 33.4 Å². The van der Waals surface area contributed by atoms with E-state index in [4.69, 9.17) is 28.0 Å². The van der Waals surface area contributed by atoms with E-state index >= 15 is 0 Å². The zero-order valence-electron chi connectivity index (χ0n) is 38.0. The van der Waals surface area contributed by atoms with Crippen molar-refractivity contribution in [2.75, 3.05) is 11.4 Å². The molecule has 5 aromatic rings. The third-order valence-corrected chi connectivity index (χ3v) is 21.6. The van der Waals surface area contributed by atoms with Crippen LogP contribution in [-0.2, 0) is 53.0 Å². The van der Waals surface area contributed by atoms with Crippen LogP contribution in [0.4, 0.5) is 10.5 Å². The molecule has 10 nitrogen and oxygen atoms in total.